The molecule has 0 aromatic heterocycles. The molecule has 3 heteroatoms. The zero-order chi connectivity index (χ0) is 13.2. The van der Waals surface area contributed by atoms with E-state index in [1.54, 1.807) is 0 Å². The molecule has 0 radical (unpaired) electrons. The molecule has 1 aromatic carbocycles. The molecule has 18 heavy (non-hydrogen) atoms. The summed E-state index contributed by atoms with van der Waals surface area (Å²) in [7, 11) is 0. The van der Waals surface area contributed by atoms with Crippen LogP contribution in [0, 0.1) is 11.3 Å². The van der Waals surface area contributed by atoms with E-state index in [2.05, 4.69) is 23.1 Å². The first-order valence-electron chi connectivity index (χ1n) is 6.53. The molecule has 1 atom stereocenters. The van der Waals surface area contributed by atoms with Crippen LogP contribution in [-0.4, -0.2) is 29.2 Å². The molecule has 0 aliphatic carbocycles. The maximum absolute atomic E-state index is 9.36. The molecule has 0 aliphatic heterocycles. The SMILES string of the molecule is CC(O)CCN(CCCC#N)Cc1ccccc1. The summed E-state index contributed by atoms with van der Waals surface area (Å²) in [5.74, 6) is 0. The highest BCUT2D eigenvalue weighted by Crippen LogP contribution is 2.07. The quantitative estimate of drug-likeness (QED) is 0.717. The number of hydrogen-bond donors (Lipinski definition) is 1. The van der Waals surface area contributed by atoms with Gasteiger partial charge in [0.2, 0.25) is 0 Å². The average Bonchev–Trinajstić information content (AvgIpc) is 2.37. The van der Waals surface area contributed by atoms with E-state index in [9.17, 15) is 5.11 Å². The van der Waals surface area contributed by atoms with Crippen LogP contribution in [0.4, 0.5) is 0 Å². The maximum Gasteiger partial charge on any atom is 0.0622 e. The molecule has 0 heterocycles. The molecule has 0 aliphatic rings. The summed E-state index contributed by atoms with van der Waals surface area (Å²) in [5.41, 5.74) is 1.28. The second-order valence-corrected chi connectivity index (χ2v) is 4.66. The molecule has 1 aromatic rings. The Morgan fingerprint density at radius 2 is 2.00 bits per heavy atom. The van der Waals surface area contributed by atoms with Crippen molar-refractivity contribution in [3.63, 3.8) is 0 Å². The Hall–Kier alpha value is -1.37. The maximum atomic E-state index is 9.36. The molecule has 0 fully saturated rings. The third kappa shape index (κ3) is 6.39. The average molecular weight is 246 g/mol. The van der Waals surface area contributed by atoms with Crippen LogP contribution in [0.25, 0.3) is 0 Å². The van der Waals surface area contributed by atoms with Crippen LogP contribution in [0.2, 0.25) is 0 Å². The van der Waals surface area contributed by atoms with Gasteiger partial charge in [-0.15, -0.1) is 0 Å². The van der Waals surface area contributed by atoms with E-state index in [0.717, 1.165) is 32.5 Å². The van der Waals surface area contributed by atoms with Gasteiger partial charge in [-0.3, -0.25) is 4.90 Å². The van der Waals surface area contributed by atoms with Crippen molar-refractivity contribution in [3.05, 3.63) is 35.9 Å². The highest BCUT2D eigenvalue weighted by Gasteiger charge is 2.07. The van der Waals surface area contributed by atoms with Gasteiger partial charge in [-0.1, -0.05) is 30.3 Å². The van der Waals surface area contributed by atoms with E-state index >= 15 is 0 Å². The fourth-order valence-electron chi connectivity index (χ4n) is 1.86. The molecule has 3 nitrogen and oxygen atoms in total. The van der Waals surface area contributed by atoms with Gasteiger partial charge in [0.15, 0.2) is 0 Å². The van der Waals surface area contributed by atoms with Gasteiger partial charge in [-0.25, -0.2) is 0 Å². The highest BCUT2D eigenvalue weighted by molar-refractivity contribution is 5.14. The van der Waals surface area contributed by atoms with Gasteiger partial charge >= 0.3 is 0 Å². The Kier molecular flexibility index (Phi) is 7.09. The molecule has 0 spiro atoms. The number of hydrogen-bond acceptors (Lipinski definition) is 3. The molecular formula is C15H22N2O. The summed E-state index contributed by atoms with van der Waals surface area (Å²) >= 11 is 0. The first-order chi connectivity index (χ1) is 8.72. The third-order valence-corrected chi connectivity index (χ3v) is 2.88. The number of unbranched alkanes of at least 4 members (excludes halogenated alkanes) is 1. The van der Waals surface area contributed by atoms with Crippen molar-refractivity contribution in [2.75, 3.05) is 13.1 Å². The molecule has 0 saturated carbocycles. The molecule has 1 N–H and O–H groups in total. The summed E-state index contributed by atoms with van der Waals surface area (Å²) in [6, 6.07) is 12.5. The summed E-state index contributed by atoms with van der Waals surface area (Å²) in [5, 5.41) is 17.9. The molecule has 0 amide bonds. The number of aliphatic hydroxyl groups excluding tert-OH is 1. The number of nitrogens with zero attached hydrogens (tertiary/aromatic N) is 2. The Morgan fingerprint density at radius 3 is 2.61 bits per heavy atom. The monoisotopic (exact) mass is 246 g/mol. The third-order valence-electron chi connectivity index (χ3n) is 2.88. The first-order valence-corrected chi connectivity index (χ1v) is 6.53. The lowest BCUT2D eigenvalue weighted by molar-refractivity contribution is 0.153. The topological polar surface area (TPSA) is 47.3 Å². The van der Waals surface area contributed by atoms with Crippen LogP contribution in [-0.2, 0) is 6.54 Å². The van der Waals surface area contributed by atoms with Gasteiger partial charge in [-0.05, 0) is 31.9 Å². The van der Waals surface area contributed by atoms with E-state index in [1.807, 2.05) is 25.1 Å². The summed E-state index contributed by atoms with van der Waals surface area (Å²) < 4.78 is 0. The Balaban J connectivity index is 2.45. The van der Waals surface area contributed by atoms with Crippen LogP contribution >= 0.6 is 0 Å². The molecule has 0 saturated heterocycles. The number of nitriles is 1. The lowest BCUT2D eigenvalue weighted by Crippen LogP contribution is -2.27. The van der Waals surface area contributed by atoms with Crippen molar-refractivity contribution in [2.24, 2.45) is 0 Å². The van der Waals surface area contributed by atoms with Crippen LogP contribution < -0.4 is 0 Å². The largest absolute Gasteiger partial charge is 0.393 e. The van der Waals surface area contributed by atoms with Gasteiger partial charge in [0.1, 0.15) is 0 Å². The second-order valence-electron chi connectivity index (χ2n) is 4.66. The van der Waals surface area contributed by atoms with Crippen LogP contribution in [0.1, 0.15) is 31.7 Å². The first kappa shape index (κ1) is 14.7. The van der Waals surface area contributed by atoms with E-state index < -0.39 is 0 Å². The van der Waals surface area contributed by atoms with Gasteiger partial charge < -0.3 is 5.11 Å². The minimum atomic E-state index is -0.265. The van der Waals surface area contributed by atoms with Crippen LogP contribution in [0.3, 0.4) is 0 Å². The minimum absolute atomic E-state index is 0.265. The highest BCUT2D eigenvalue weighted by atomic mass is 16.3. The van der Waals surface area contributed by atoms with E-state index in [0.29, 0.717) is 6.42 Å². The van der Waals surface area contributed by atoms with E-state index in [4.69, 9.17) is 5.26 Å². The van der Waals surface area contributed by atoms with Gasteiger partial charge in [-0.2, -0.15) is 5.26 Å². The normalized spacial score (nSPS) is 12.3. The zero-order valence-corrected chi connectivity index (χ0v) is 11.0. The molecule has 1 unspecified atom stereocenters. The van der Waals surface area contributed by atoms with Crippen molar-refractivity contribution in [3.8, 4) is 6.07 Å². The van der Waals surface area contributed by atoms with Gasteiger partial charge in [0.25, 0.3) is 0 Å². The molecule has 98 valence electrons. The Morgan fingerprint density at radius 1 is 1.28 bits per heavy atom. The molecule has 0 bridgehead atoms. The molecular weight excluding hydrogens is 224 g/mol. The second kappa shape index (κ2) is 8.68. The van der Waals surface area contributed by atoms with Crippen molar-refractivity contribution in [1.82, 2.24) is 4.90 Å². The smallest absolute Gasteiger partial charge is 0.0622 e. The summed E-state index contributed by atoms with van der Waals surface area (Å²) in [6.45, 7) is 4.49. The fourth-order valence-corrected chi connectivity index (χ4v) is 1.86. The van der Waals surface area contributed by atoms with Crippen molar-refractivity contribution in [2.45, 2.75) is 38.8 Å². The summed E-state index contributed by atoms with van der Waals surface area (Å²) in [4.78, 5) is 2.30. The van der Waals surface area contributed by atoms with Crippen LogP contribution in [0.15, 0.2) is 30.3 Å². The zero-order valence-electron chi connectivity index (χ0n) is 11.0. The van der Waals surface area contributed by atoms with E-state index in [1.165, 1.54) is 5.56 Å². The Bertz CT molecular complexity index is 357. The van der Waals surface area contributed by atoms with Crippen molar-refractivity contribution in [1.29, 1.82) is 5.26 Å². The van der Waals surface area contributed by atoms with Crippen molar-refractivity contribution >= 4 is 0 Å². The molecule has 1 rings (SSSR count). The lowest BCUT2D eigenvalue weighted by atomic mass is 10.2. The number of benzene rings is 1. The van der Waals surface area contributed by atoms with Crippen molar-refractivity contribution < 1.29 is 5.11 Å². The standard InChI is InChI=1S/C15H22N2O/c1-14(18)9-12-17(11-6-5-10-16)13-15-7-3-2-4-8-15/h2-4,7-8,14,18H,5-6,9,11-13H2,1H3. The summed E-state index contributed by atoms with van der Waals surface area (Å²) in [6.07, 6.45) is 2.00. The van der Waals surface area contributed by atoms with Gasteiger partial charge in [0.05, 0.1) is 12.2 Å². The number of aliphatic hydroxyl groups is 1. The predicted molar refractivity (Wildman–Crippen MR) is 72.9 cm³/mol. The van der Waals surface area contributed by atoms with Gasteiger partial charge in [0, 0.05) is 19.5 Å². The Labute approximate surface area is 110 Å². The van der Waals surface area contributed by atoms with E-state index in [-0.39, 0.29) is 6.10 Å². The fraction of sp³-hybridized carbons (Fsp3) is 0.533. The minimum Gasteiger partial charge on any atom is -0.393 e. The predicted octanol–water partition coefficient (Wildman–Crippen LogP) is 2.56. The van der Waals surface area contributed by atoms with Crippen LogP contribution in [0.5, 0.6) is 0 Å². The number of rotatable bonds is 8. The lowest BCUT2D eigenvalue weighted by Gasteiger charge is -2.22.